The lowest BCUT2D eigenvalue weighted by Gasteiger charge is -2.38. The molecule has 416 valence electrons. The van der Waals surface area contributed by atoms with Crippen molar-refractivity contribution < 1.29 is 85.9 Å². The Morgan fingerprint density at radius 1 is 0.194 bits per heavy atom. The summed E-state index contributed by atoms with van der Waals surface area (Å²) in [5, 5.41) is 0. The van der Waals surface area contributed by atoms with E-state index in [4.69, 9.17) is 0 Å². The fraction of sp³-hybridized carbons (Fsp3) is 0.625. The highest BCUT2D eigenvalue weighted by Gasteiger charge is 2.28. The molecule has 0 atom stereocenters. The molecule has 0 unspecified atom stereocenters. The summed E-state index contributed by atoms with van der Waals surface area (Å²) in [6, 6.07) is 43.9. The molecule has 8 heteroatoms. The van der Waals surface area contributed by atoms with Gasteiger partial charge >= 0.3 is 0 Å². The second-order valence-corrected chi connectivity index (χ2v) is 20.6. The zero-order valence-corrected chi connectivity index (χ0v) is 55.0. The summed E-state index contributed by atoms with van der Waals surface area (Å²) in [5.74, 6) is 0. The highest BCUT2D eigenvalue weighted by Crippen LogP contribution is 2.21. The van der Waals surface area contributed by atoms with Gasteiger partial charge in [-0.2, -0.15) is 0 Å². The van der Waals surface area contributed by atoms with Crippen LogP contribution in [-0.4, -0.2) is 96.5 Å². The van der Waals surface area contributed by atoms with Crippen molar-refractivity contribution in [2.24, 2.45) is 0 Å². The average Bonchev–Trinajstić information content (AvgIpc) is 3.32. The van der Waals surface area contributed by atoms with Gasteiger partial charge in [0.25, 0.3) is 0 Å². The van der Waals surface area contributed by atoms with Crippen LogP contribution in [0.2, 0.25) is 0 Å². The number of quaternary nitrogens is 4. The molecule has 0 aromatic heterocycles. The summed E-state index contributed by atoms with van der Waals surface area (Å²) in [6.07, 6.45) is 15.4. The van der Waals surface area contributed by atoms with E-state index in [-0.39, 0.29) is 67.9 Å². The van der Waals surface area contributed by atoms with E-state index in [0.717, 1.165) is 0 Å². The van der Waals surface area contributed by atoms with E-state index in [1.165, 1.54) is 222 Å². The van der Waals surface area contributed by atoms with E-state index < -0.39 is 0 Å². The predicted octanol–water partition coefficient (Wildman–Crippen LogP) is 4.95. The molecule has 72 heavy (non-hydrogen) atoms. The first-order valence-corrected chi connectivity index (χ1v) is 28.6. The van der Waals surface area contributed by atoms with Gasteiger partial charge in [0.05, 0.1) is 78.5 Å². The summed E-state index contributed by atoms with van der Waals surface area (Å²) in [6.45, 7) is 48.3. The Bertz CT molecular complexity index is 1370. The molecule has 0 bridgehead atoms. The first kappa shape index (κ1) is 77.1. The Morgan fingerprint density at radius 2 is 0.306 bits per heavy atom. The molecular weight excluding hydrogens is 1140 g/mol. The third-order valence-corrected chi connectivity index (χ3v) is 13.8. The summed E-state index contributed by atoms with van der Waals surface area (Å²) in [5.41, 5.74) is 5.96. The van der Waals surface area contributed by atoms with Crippen LogP contribution in [-0.2, 0) is 26.2 Å². The smallest absolute Gasteiger partial charge is 0.104 e. The van der Waals surface area contributed by atoms with Gasteiger partial charge in [-0.3, -0.25) is 0 Å². The predicted molar refractivity (Wildman–Crippen MR) is 304 cm³/mol. The molecule has 0 aliphatic heterocycles. The molecule has 0 saturated carbocycles. The minimum absolute atomic E-state index is 0. The fourth-order valence-electron chi connectivity index (χ4n) is 11.9. The van der Waals surface area contributed by atoms with Crippen molar-refractivity contribution in [1.29, 1.82) is 0 Å². The third-order valence-electron chi connectivity index (χ3n) is 13.8. The van der Waals surface area contributed by atoms with Gasteiger partial charge in [-0.05, 0) is 77.0 Å². The van der Waals surface area contributed by atoms with Gasteiger partial charge in [0.1, 0.15) is 26.2 Å². The highest BCUT2D eigenvalue weighted by molar-refractivity contribution is 5.15. The first-order chi connectivity index (χ1) is 33.0. The number of halogens is 4. The Labute approximate surface area is 490 Å². The van der Waals surface area contributed by atoms with Gasteiger partial charge in [0, 0.05) is 22.3 Å². The number of benzene rings is 4. The van der Waals surface area contributed by atoms with Crippen molar-refractivity contribution >= 4 is 0 Å². The van der Waals surface area contributed by atoms with Crippen LogP contribution in [0.3, 0.4) is 0 Å². The quantitative estimate of drug-likeness (QED) is 0.0609. The molecule has 0 heterocycles. The lowest BCUT2D eigenvalue weighted by molar-refractivity contribution is -0.941. The molecule has 0 N–H and O–H groups in total. The maximum atomic E-state index is 2.31. The van der Waals surface area contributed by atoms with Gasteiger partial charge in [-0.1, -0.05) is 204 Å². The summed E-state index contributed by atoms with van der Waals surface area (Å²) < 4.78 is 5.09. The van der Waals surface area contributed by atoms with Gasteiger partial charge in [0.2, 0.25) is 0 Å². The monoisotopic (exact) mass is 1250 g/mol. The maximum absolute atomic E-state index is 2.31. The van der Waals surface area contributed by atoms with Crippen LogP contribution >= 0.6 is 0 Å². The Hall–Kier alpha value is -1.36. The molecule has 0 amide bonds. The zero-order chi connectivity index (χ0) is 50.3. The summed E-state index contributed by atoms with van der Waals surface area (Å²) in [4.78, 5) is 0. The minimum atomic E-state index is 0. The van der Waals surface area contributed by atoms with Crippen molar-refractivity contribution in [3.8, 4) is 0 Å². The number of rotatable bonds is 32. The van der Waals surface area contributed by atoms with Gasteiger partial charge in [-0.15, -0.1) is 0 Å². The Kier molecular flexibility index (Phi) is 51.5. The van der Waals surface area contributed by atoms with Crippen LogP contribution < -0.4 is 67.9 Å². The molecule has 4 rings (SSSR count). The van der Waals surface area contributed by atoms with Crippen molar-refractivity contribution in [2.45, 2.75) is 186 Å². The number of nitrogens with zero attached hydrogens (tertiary/aromatic N) is 4. The van der Waals surface area contributed by atoms with Crippen molar-refractivity contribution in [3.63, 3.8) is 0 Å². The van der Waals surface area contributed by atoms with Crippen LogP contribution in [0.25, 0.3) is 0 Å². The summed E-state index contributed by atoms with van der Waals surface area (Å²) in [7, 11) is 0. The molecule has 4 aromatic rings. The van der Waals surface area contributed by atoms with E-state index in [1.807, 2.05) is 0 Å². The Morgan fingerprint density at radius 3 is 0.403 bits per heavy atom. The van der Waals surface area contributed by atoms with E-state index >= 15 is 0 Å². The van der Waals surface area contributed by atoms with Gasteiger partial charge in [0.15, 0.2) is 0 Å². The van der Waals surface area contributed by atoms with Gasteiger partial charge in [-0.25, -0.2) is 0 Å². The van der Waals surface area contributed by atoms with Gasteiger partial charge < -0.3 is 85.9 Å². The molecule has 0 aliphatic carbocycles. The first-order valence-electron chi connectivity index (χ1n) is 28.6. The SMILES string of the molecule is CCC[N+](CCC)(CCC)Cc1ccccc1.CCC[N+](CCC)(CCC)Cc1ccccc1.CCC[N+](CCC)(CCC)Cc1ccccc1.CCC[N+](CCC)(CCC)Cc1ccccc1.[Br-].[Br-].[Br-].[Br-]. The zero-order valence-electron chi connectivity index (χ0n) is 48.6. The highest BCUT2D eigenvalue weighted by atomic mass is 79.9. The second kappa shape index (κ2) is 48.0. The average molecular weight is 1260 g/mol. The van der Waals surface area contributed by atoms with E-state index in [1.54, 1.807) is 0 Å². The Balaban J connectivity index is -0.000000420. The largest absolute Gasteiger partial charge is 1.00 e. The molecular formula is C64H112Br4N4. The lowest BCUT2D eigenvalue weighted by atomic mass is 10.1. The summed E-state index contributed by atoms with van der Waals surface area (Å²) >= 11 is 0. The number of hydrogen-bond donors (Lipinski definition) is 0. The fourth-order valence-corrected chi connectivity index (χ4v) is 11.9. The van der Waals surface area contributed by atoms with Crippen molar-refractivity contribution in [2.75, 3.05) is 78.5 Å². The molecule has 4 nitrogen and oxygen atoms in total. The molecule has 0 aliphatic rings. The molecule has 0 saturated heterocycles. The standard InChI is InChI=1S/4C16H28N.4BrH/c4*1-4-12-17(13-5-2,14-6-3)15-16-10-8-7-9-11-16;;;;/h4*7-11H,4-6,12-15H2,1-3H3;4*1H/q4*+1;;;;/p-4. The van der Waals surface area contributed by atoms with E-state index in [0.29, 0.717) is 0 Å². The third kappa shape index (κ3) is 32.3. The molecule has 0 spiro atoms. The van der Waals surface area contributed by atoms with Crippen molar-refractivity contribution in [3.05, 3.63) is 144 Å². The van der Waals surface area contributed by atoms with Crippen LogP contribution in [0.15, 0.2) is 121 Å². The van der Waals surface area contributed by atoms with Crippen LogP contribution in [0.4, 0.5) is 0 Å². The topological polar surface area (TPSA) is 0 Å². The number of hydrogen-bond acceptors (Lipinski definition) is 0. The molecule has 0 radical (unpaired) electrons. The van der Waals surface area contributed by atoms with Crippen LogP contribution in [0.1, 0.15) is 182 Å². The van der Waals surface area contributed by atoms with E-state index in [2.05, 4.69) is 204 Å². The molecule has 4 aromatic carbocycles. The van der Waals surface area contributed by atoms with Crippen LogP contribution in [0.5, 0.6) is 0 Å². The molecule has 0 fully saturated rings. The van der Waals surface area contributed by atoms with Crippen molar-refractivity contribution in [1.82, 2.24) is 0 Å². The second-order valence-electron chi connectivity index (χ2n) is 20.6. The minimum Gasteiger partial charge on any atom is -1.00 e. The van der Waals surface area contributed by atoms with Crippen LogP contribution in [0, 0.1) is 0 Å². The maximum Gasteiger partial charge on any atom is 0.104 e. The normalized spacial score (nSPS) is 11.1. The van der Waals surface area contributed by atoms with E-state index in [9.17, 15) is 0 Å². The lowest BCUT2D eigenvalue weighted by Crippen LogP contribution is -3.00.